The van der Waals surface area contributed by atoms with Crippen molar-refractivity contribution in [2.45, 2.75) is 51.9 Å². The van der Waals surface area contributed by atoms with Crippen LogP contribution in [-0.4, -0.2) is 37.0 Å². The van der Waals surface area contributed by atoms with Crippen molar-refractivity contribution in [1.82, 2.24) is 0 Å². The van der Waals surface area contributed by atoms with Crippen LogP contribution in [0.2, 0.25) is 0 Å². The monoisotopic (exact) mass is 216 g/mol. The zero-order chi connectivity index (χ0) is 11.5. The van der Waals surface area contributed by atoms with Gasteiger partial charge in [-0.1, -0.05) is 0 Å². The molecule has 88 valence electrons. The first kappa shape index (κ1) is 12.5. The van der Waals surface area contributed by atoms with Gasteiger partial charge < -0.3 is 14.2 Å². The highest BCUT2D eigenvalue weighted by molar-refractivity contribution is 5.74. The van der Waals surface area contributed by atoms with Gasteiger partial charge in [0.1, 0.15) is 5.60 Å². The maximum Gasteiger partial charge on any atom is 0.335 e. The molecule has 0 saturated carbocycles. The second-order valence-corrected chi connectivity index (χ2v) is 4.80. The van der Waals surface area contributed by atoms with Gasteiger partial charge in [-0.25, -0.2) is 4.79 Å². The number of hydrogen-bond donors (Lipinski definition) is 0. The average molecular weight is 216 g/mol. The lowest BCUT2D eigenvalue weighted by atomic mass is 10.2. The molecule has 0 aromatic carbocycles. The minimum absolute atomic E-state index is 0.0347. The first-order chi connectivity index (χ1) is 6.88. The third-order valence-corrected chi connectivity index (χ3v) is 2.02. The minimum atomic E-state index is -0.518. The molecule has 0 radical (unpaired) electrons. The molecule has 1 saturated heterocycles. The predicted octanol–water partition coefficient (Wildman–Crippen LogP) is 1.52. The molecule has 0 bridgehead atoms. The van der Waals surface area contributed by atoms with E-state index in [2.05, 4.69) is 0 Å². The van der Waals surface area contributed by atoms with Crippen molar-refractivity contribution in [2.24, 2.45) is 0 Å². The molecule has 1 fully saturated rings. The fourth-order valence-corrected chi connectivity index (χ4v) is 1.35. The molecule has 0 aromatic heterocycles. The Morgan fingerprint density at radius 2 is 2.13 bits per heavy atom. The molecule has 4 heteroatoms. The highest BCUT2D eigenvalue weighted by Crippen LogP contribution is 2.14. The van der Waals surface area contributed by atoms with Gasteiger partial charge in [-0.2, -0.15) is 0 Å². The van der Waals surface area contributed by atoms with E-state index in [4.69, 9.17) is 14.2 Å². The van der Waals surface area contributed by atoms with Gasteiger partial charge in [-0.3, -0.25) is 0 Å². The summed E-state index contributed by atoms with van der Waals surface area (Å²) in [5.41, 5.74) is -0.457. The van der Waals surface area contributed by atoms with Crippen molar-refractivity contribution in [1.29, 1.82) is 0 Å². The SMILES string of the molecule is CC(OC1CCOC1)C(=O)OC(C)(C)C. The van der Waals surface area contributed by atoms with Gasteiger partial charge in [-0.05, 0) is 34.1 Å². The normalized spacial score (nSPS) is 23.9. The van der Waals surface area contributed by atoms with Crippen LogP contribution in [0.4, 0.5) is 0 Å². The number of hydrogen-bond acceptors (Lipinski definition) is 4. The zero-order valence-corrected chi connectivity index (χ0v) is 9.91. The van der Waals surface area contributed by atoms with E-state index in [1.165, 1.54) is 0 Å². The fraction of sp³-hybridized carbons (Fsp3) is 0.909. The van der Waals surface area contributed by atoms with Gasteiger partial charge in [0.2, 0.25) is 0 Å². The molecule has 4 nitrogen and oxygen atoms in total. The van der Waals surface area contributed by atoms with E-state index < -0.39 is 11.7 Å². The number of carbonyl (C=O) groups excluding carboxylic acids is 1. The van der Waals surface area contributed by atoms with Crippen molar-refractivity contribution < 1.29 is 19.0 Å². The Labute approximate surface area is 90.9 Å². The molecular formula is C11H20O4. The quantitative estimate of drug-likeness (QED) is 0.671. The van der Waals surface area contributed by atoms with E-state index >= 15 is 0 Å². The second kappa shape index (κ2) is 4.94. The van der Waals surface area contributed by atoms with E-state index in [0.29, 0.717) is 13.2 Å². The Hall–Kier alpha value is -0.610. The molecule has 2 atom stereocenters. The zero-order valence-electron chi connectivity index (χ0n) is 9.91. The fourth-order valence-electron chi connectivity index (χ4n) is 1.35. The Bertz CT molecular complexity index is 213. The second-order valence-electron chi connectivity index (χ2n) is 4.80. The smallest absolute Gasteiger partial charge is 0.335 e. The summed E-state index contributed by atoms with van der Waals surface area (Å²) in [7, 11) is 0. The third kappa shape index (κ3) is 4.62. The Morgan fingerprint density at radius 3 is 2.60 bits per heavy atom. The predicted molar refractivity (Wildman–Crippen MR) is 55.6 cm³/mol. The van der Waals surface area contributed by atoms with Crippen molar-refractivity contribution in [3.63, 3.8) is 0 Å². The summed E-state index contributed by atoms with van der Waals surface area (Å²) < 4.78 is 15.9. The Kier molecular flexibility index (Phi) is 4.11. The largest absolute Gasteiger partial charge is 0.458 e. The average Bonchev–Trinajstić information content (AvgIpc) is 2.53. The first-order valence-electron chi connectivity index (χ1n) is 5.34. The van der Waals surface area contributed by atoms with Gasteiger partial charge >= 0.3 is 5.97 Å². The molecule has 0 aromatic rings. The van der Waals surface area contributed by atoms with Crippen LogP contribution < -0.4 is 0 Å². The summed E-state index contributed by atoms with van der Waals surface area (Å²) >= 11 is 0. The highest BCUT2D eigenvalue weighted by atomic mass is 16.6. The molecule has 0 aliphatic carbocycles. The third-order valence-electron chi connectivity index (χ3n) is 2.02. The van der Waals surface area contributed by atoms with Gasteiger partial charge in [0, 0.05) is 6.61 Å². The highest BCUT2D eigenvalue weighted by Gasteiger charge is 2.26. The lowest BCUT2D eigenvalue weighted by Gasteiger charge is -2.23. The van der Waals surface area contributed by atoms with Gasteiger partial charge in [0.15, 0.2) is 6.10 Å². The molecule has 15 heavy (non-hydrogen) atoms. The number of rotatable bonds is 3. The molecular weight excluding hydrogens is 196 g/mol. The molecule has 1 rings (SSSR count). The van der Waals surface area contributed by atoms with Crippen LogP contribution in [0, 0.1) is 0 Å². The molecule has 2 unspecified atom stereocenters. The van der Waals surface area contributed by atoms with E-state index in [9.17, 15) is 4.79 Å². The summed E-state index contributed by atoms with van der Waals surface area (Å²) in [6.07, 6.45) is 0.371. The van der Waals surface area contributed by atoms with Crippen molar-refractivity contribution >= 4 is 5.97 Å². The van der Waals surface area contributed by atoms with Crippen molar-refractivity contribution in [3.8, 4) is 0 Å². The minimum Gasteiger partial charge on any atom is -0.458 e. The van der Waals surface area contributed by atoms with Crippen LogP contribution in [0.25, 0.3) is 0 Å². The van der Waals surface area contributed by atoms with E-state index in [1.807, 2.05) is 20.8 Å². The maximum absolute atomic E-state index is 11.6. The molecule has 0 amide bonds. The number of esters is 1. The van der Waals surface area contributed by atoms with Crippen LogP contribution in [0.15, 0.2) is 0 Å². The summed E-state index contributed by atoms with van der Waals surface area (Å²) in [5.74, 6) is -0.311. The Balaban J connectivity index is 2.32. The molecule has 1 heterocycles. The summed E-state index contributed by atoms with van der Waals surface area (Å²) in [5, 5.41) is 0. The van der Waals surface area contributed by atoms with Crippen LogP contribution in [0.1, 0.15) is 34.1 Å². The van der Waals surface area contributed by atoms with Crippen LogP contribution >= 0.6 is 0 Å². The van der Waals surface area contributed by atoms with Gasteiger partial charge in [-0.15, -0.1) is 0 Å². The van der Waals surface area contributed by atoms with Crippen molar-refractivity contribution in [3.05, 3.63) is 0 Å². The molecule has 1 aliphatic heterocycles. The van der Waals surface area contributed by atoms with E-state index in [0.717, 1.165) is 6.42 Å². The van der Waals surface area contributed by atoms with E-state index in [-0.39, 0.29) is 12.1 Å². The topological polar surface area (TPSA) is 44.8 Å². The van der Waals surface area contributed by atoms with Crippen molar-refractivity contribution in [2.75, 3.05) is 13.2 Å². The van der Waals surface area contributed by atoms with E-state index in [1.54, 1.807) is 6.92 Å². The van der Waals surface area contributed by atoms with Crippen LogP contribution in [0.3, 0.4) is 0 Å². The van der Waals surface area contributed by atoms with Gasteiger partial charge in [0.05, 0.1) is 12.7 Å². The number of ether oxygens (including phenoxy) is 3. The Morgan fingerprint density at radius 1 is 1.47 bits per heavy atom. The van der Waals surface area contributed by atoms with Gasteiger partial charge in [0.25, 0.3) is 0 Å². The first-order valence-corrected chi connectivity index (χ1v) is 5.34. The standard InChI is InChI=1S/C11H20O4/c1-8(10(12)15-11(2,3)4)14-9-5-6-13-7-9/h8-9H,5-7H2,1-4H3. The number of carbonyl (C=O) groups is 1. The van der Waals surface area contributed by atoms with Crippen LogP contribution in [0.5, 0.6) is 0 Å². The molecule has 1 aliphatic rings. The lowest BCUT2D eigenvalue weighted by Crippen LogP contribution is -2.34. The van der Waals surface area contributed by atoms with Crippen LogP contribution in [-0.2, 0) is 19.0 Å². The molecule has 0 N–H and O–H groups in total. The maximum atomic E-state index is 11.6. The summed E-state index contributed by atoms with van der Waals surface area (Å²) in [6, 6.07) is 0. The summed E-state index contributed by atoms with van der Waals surface area (Å²) in [4.78, 5) is 11.6. The molecule has 0 spiro atoms. The summed E-state index contributed by atoms with van der Waals surface area (Å²) in [6.45, 7) is 8.54. The lowest BCUT2D eigenvalue weighted by molar-refractivity contribution is -0.170.